The van der Waals surface area contributed by atoms with Gasteiger partial charge in [0.15, 0.2) is 0 Å². The van der Waals surface area contributed by atoms with Gasteiger partial charge in [0.25, 0.3) is 0 Å². The monoisotopic (exact) mass is 425 g/mol. The van der Waals surface area contributed by atoms with Crippen LogP contribution in [0.2, 0.25) is 0 Å². The summed E-state index contributed by atoms with van der Waals surface area (Å²) in [5.41, 5.74) is 3.63. The van der Waals surface area contributed by atoms with Crippen LogP contribution in [0.15, 0.2) is 42.6 Å². The Morgan fingerprint density at radius 3 is 2.48 bits per heavy atom. The van der Waals surface area contributed by atoms with Gasteiger partial charge in [0.05, 0.1) is 12.3 Å². The quantitative estimate of drug-likeness (QED) is 0.367. The standard InChI is InChI=1S/C25H35N3O3/c1-4-6-7-8-9-17-27-25(30)28(3)22-16-18-26-23(19-22)21-13-10-20(11-14-21)12-15-24(29)31-5-2/h10-11,13-14,16,18-19H,4-9,12,15,17H2,1-3H3,(H,27,30). The summed E-state index contributed by atoms with van der Waals surface area (Å²) in [6.45, 7) is 5.10. The number of hydrogen-bond donors (Lipinski definition) is 1. The molecule has 0 aliphatic rings. The van der Waals surface area contributed by atoms with E-state index in [0.29, 0.717) is 26.0 Å². The van der Waals surface area contributed by atoms with Crippen LogP contribution in [0.5, 0.6) is 0 Å². The number of unbranched alkanes of at least 4 members (excludes halogenated alkanes) is 4. The molecule has 0 saturated heterocycles. The van der Waals surface area contributed by atoms with E-state index in [9.17, 15) is 9.59 Å². The zero-order valence-corrected chi connectivity index (χ0v) is 19.0. The molecule has 1 heterocycles. The fraction of sp³-hybridized carbons (Fsp3) is 0.480. The molecule has 0 bridgehead atoms. The fourth-order valence-electron chi connectivity index (χ4n) is 3.27. The molecule has 6 heteroatoms. The van der Waals surface area contributed by atoms with Crippen molar-refractivity contribution in [3.63, 3.8) is 0 Å². The largest absolute Gasteiger partial charge is 0.466 e. The SMILES string of the molecule is CCCCCCCNC(=O)N(C)c1ccnc(-c2ccc(CCC(=O)OCC)cc2)c1. The molecular formula is C25H35N3O3. The summed E-state index contributed by atoms with van der Waals surface area (Å²) >= 11 is 0. The maximum Gasteiger partial charge on any atom is 0.321 e. The molecule has 168 valence electrons. The van der Waals surface area contributed by atoms with Gasteiger partial charge in [-0.1, -0.05) is 56.9 Å². The lowest BCUT2D eigenvalue weighted by atomic mass is 10.0. The molecule has 0 atom stereocenters. The summed E-state index contributed by atoms with van der Waals surface area (Å²) in [6, 6.07) is 11.6. The Morgan fingerprint density at radius 2 is 1.77 bits per heavy atom. The number of rotatable bonds is 12. The Labute approximate surface area is 186 Å². The molecule has 2 aromatic rings. The fourth-order valence-corrected chi connectivity index (χ4v) is 3.27. The Kier molecular flexibility index (Phi) is 10.6. The highest BCUT2D eigenvalue weighted by Crippen LogP contribution is 2.23. The van der Waals surface area contributed by atoms with Gasteiger partial charge in [0.2, 0.25) is 0 Å². The van der Waals surface area contributed by atoms with E-state index in [1.807, 2.05) is 43.3 Å². The van der Waals surface area contributed by atoms with E-state index in [-0.39, 0.29) is 12.0 Å². The van der Waals surface area contributed by atoms with Crippen LogP contribution in [0.25, 0.3) is 11.3 Å². The number of nitrogens with one attached hydrogen (secondary N) is 1. The van der Waals surface area contributed by atoms with E-state index in [2.05, 4.69) is 17.2 Å². The third-order valence-corrected chi connectivity index (χ3v) is 5.16. The molecule has 0 radical (unpaired) electrons. The molecule has 31 heavy (non-hydrogen) atoms. The highest BCUT2D eigenvalue weighted by molar-refractivity contribution is 5.91. The molecule has 1 aromatic heterocycles. The zero-order valence-electron chi connectivity index (χ0n) is 19.0. The van der Waals surface area contributed by atoms with Crippen LogP contribution < -0.4 is 10.2 Å². The number of esters is 1. The average Bonchev–Trinajstić information content (AvgIpc) is 2.80. The van der Waals surface area contributed by atoms with Gasteiger partial charge in [-0.05, 0) is 37.5 Å². The van der Waals surface area contributed by atoms with Gasteiger partial charge in [-0.3, -0.25) is 14.7 Å². The second kappa shape index (κ2) is 13.4. The van der Waals surface area contributed by atoms with Crippen molar-refractivity contribution in [3.8, 4) is 11.3 Å². The van der Waals surface area contributed by atoms with Crippen LogP contribution in [0.1, 0.15) is 57.9 Å². The van der Waals surface area contributed by atoms with Gasteiger partial charge >= 0.3 is 12.0 Å². The Bertz CT molecular complexity index is 821. The number of ether oxygens (including phenoxy) is 1. The van der Waals surface area contributed by atoms with Gasteiger partial charge in [-0.25, -0.2) is 4.79 Å². The molecule has 0 aliphatic carbocycles. The van der Waals surface area contributed by atoms with Crippen molar-refractivity contribution >= 4 is 17.7 Å². The summed E-state index contributed by atoms with van der Waals surface area (Å²) in [5.74, 6) is -0.178. The van der Waals surface area contributed by atoms with Gasteiger partial charge in [-0.2, -0.15) is 0 Å². The van der Waals surface area contributed by atoms with E-state index in [1.165, 1.54) is 19.3 Å². The van der Waals surface area contributed by atoms with E-state index in [1.54, 1.807) is 18.1 Å². The molecule has 0 spiro atoms. The molecule has 0 saturated carbocycles. The number of anilines is 1. The second-order valence-corrected chi connectivity index (χ2v) is 7.61. The third-order valence-electron chi connectivity index (χ3n) is 5.16. The summed E-state index contributed by atoms with van der Waals surface area (Å²) < 4.78 is 4.97. The van der Waals surface area contributed by atoms with Crippen LogP contribution >= 0.6 is 0 Å². The molecule has 6 nitrogen and oxygen atoms in total. The van der Waals surface area contributed by atoms with Gasteiger partial charge in [0, 0.05) is 37.5 Å². The number of carbonyl (C=O) groups is 2. The van der Waals surface area contributed by atoms with Crippen molar-refractivity contribution in [2.75, 3.05) is 25.1 Å². The number of carbonyl (C=O) groups excluding carboxylic acids is 2. The van der Waals surface area contributed by atoms with Gasteiger partial charge < -0.3 is 10.1 Å². The maximum atomic E-state index is 12.5. The van der Waals surface area contributed by atoms with E-state index in [0.717, 1.165) is 35.3 Å². The molecule has 0 aliphatic heterocycles. The summed E-state index contributed by atoms with van der Waals surface area (Å²) in [4.78, 5) is 30.0. The Balaban J connectivity index is 1.91. The summed E-state index contributed by atoms with van der Waals surface area (Å²) in [6.07, 6.45) is 8.57. The van der Waals surface area contributed by atoms with Crippen molar-refractivity contribution in [3.05, 3.63) is 48.2 Å². The number of amides is 2. The lowest BCUT2D eigenvalue weighted by Gasteiger charge is -2.18. The molecule has 0 unspecified atom stereocenters. The molecular weight excluding hydrogens is 390 g/mol. The number of pyridine rings is 1. The normalized spacial score (nSPS) is 10.5. The zero-order chi connectivity index (χ0) is 22.5. The number of aromatic nitrogens is 1. The highest BCUT2D eigenvalue weighted by Gasteiger charge is 2.12. The minimum atomic E-state index is -0.178. The highest BCUT2D eigenvalue weighted by atomic mass is 16.5. The second-order valence-electron chi connectivity index (χ2n) is 7.61. The van der Waals surface area contributed by atoms with Crippen molar-refractivity contribution in [1.82, 2.24) is 10.3 Å². The molecule has 1 N–H and O–H groups in total. The number of aryl methyl sites for hydroxylation is 1. The van der Waals surface area contributed by atoms with Gasteiger partial charge in [-0.15, -0.1) is 0 Å². The van der Waals surface area contributed by atoms with E-state index >= 15 is 0 Å². The topological polar surface area (TPSA) is 71.5 Å². The summed E-state index contributed by atoms with van der Waals surface area (Å²) in [7, 11) is 1.77. The van der Waals surface area contributed by atoms with Crippen LogP contribution in [0.4, 0.5) is 10.5 Å². The van der Waals surface area contributed by atoms with Crippen LogP contribution in [0.3, 0.4) is 0 Å². The smallest absolute Gasteiger partial charge is 0.321 e. The van der Waals surface area contributed by atoms with Crippen molar-refractivity contribution in [2.24, 2.45) is 0 Å². The van der Waals surface area contributed by atoms with Gasteiger partial charge in [0.1, 0.15) is 0 Å². The lowest BCUT2D eigenvalue weighted by Crippen LogP contribution is -2.37. The van der Waals surface area contributed by atoms with Crippen LogP contribution in [-0.4, -0.2) is 37.2 Å². The summed E-state index contributed by atoms with van der Waals surface area (Å²) in [5, 5.41) is 2.99. The van der Waals surface area contributed by atoms with E-state index < -0.39 is 0 Å². The average molecular weight is 426 g/mol. The first-order valence-electron chi connectivity index (χ1n) is 11.3. The van der Waals surface area contributed by atoms with Crippen LogP contribution in [0, 0.1) is 0 Å². The maximum absolute atomic E-state index is 12.5. The third kappa shape index (κ3) is 8.40. The number of hydrogen-bond acceptors (Lipinski definition) is 4. The molecule has 2 amide bonds. The van der Waals surface area contributed by atoms with Crippen molar-refractivity contribution in [2.45, 2.75) is 58.8 Å². The van der Waals surface area contributed by atoms with Crippen molar-refractivity contribution < 1.29 is 14.3 Å². The minimum absolute atomic E-state index is 0.109. The predicted molar refractivity (Wildman–Crippen MR) is 125 cm³/mol. The minimum Gasteiger partial charge on any atom is -0.466 e. The predicted octanol–water partition coefficient (Wildman–Crippen LogP) is 5.36. The Hall–Kier alpha value is -2.89. The number of urea groups is 1. The first kappa shape index (κ1) is 24.4. The van der Waals surface area contributed by atoms with Crippen LogP contribution in [-0.2, 0) is 16.0 Å². The molecule has 1 aromatic carbocycles. The lowest BCUT2D eigenvalue weighted by molar-refractivity contribution is -0.143. The molecule has 2 rings (SSSR count). The first-order chi connectivity index (χ1) is 15.0. The van der Waals surface area contributed by atoms with Crippen molar-refractivity contribution in [1.29, 1.82) is 0 Å². The van der Waals surface area contributed by atoms with E-state index in [4.69, 9.17) is 4.74 Å². The first-order valence-corrected chi connectivity index (χ1v) is 11.3. The number of nitrogens with zero attached hydrogens (tertiary/aromatic N) is 2. The molecule has 0 fully saturated rings. The Morgan fingerprint density at radius 1 is 1.03 bits per heavy atom. The number of benzene rings is 1.